The van der Waals surface area contributed by atoms with Gasteiger partial charge in [-0.15, -0.1) is 0 Å². The summed E-state index contributed by atoms with van der Waals surface area (Å²) in [6.07, 6.45) is 5.14. The first kappa shape index (κ1) is 38.7. The maximum atomic E-state index is 15.3. The molecule has 8 rings (SSSR count). The lowest BCUT2D eigenvalue weighted by Gasteiger charge is -2.32. The fourth-order valence-corrected chi connectivity index (χ4v) is 7.87. The minimum absolute atomic E-state index is 0.00442. The van der Waals surface area contributed by atoms with Crippen LogP contribution in [0.3, 0.4) is 0 Å². The van der Waals surface area contributed by atoms with Crippen LogP contribution >= 0.6 is 0 Å². The van der Waals surface area contributed by atoms with Gasteiger partial charge in [0, 0.05) is 47.8 Å². The zero-order valence-corrected chi connectivity index (χ0v) is 32.8. The molecule has 2 saturated heterocycles. The van der Waals surface area contributed by atoms with Crippen molar-refractivity contribution in [2.45, 2.75) is 83.7 Å². The molecule has 0 aliphatic carbocycles. The van der Waals surface area contributed by atoms with Gasteiger partial charge < -0.3 is 9.84 Å². The zero-order chi connectivity index (χ0) is 40.7. The third kappa shape index (κ3) is 8.01. The van der Waals surface area contributed by atoms with Crippen LogP contribution in [0.1, 0.15) is 103 Å². The Hall–Kier alpha value is -6.15. The van der Waals surface area contributed by atoms with Crippen molar-refractivity contribution in [2.75, 3.05) is 13.1 Å². The van der Waals surface area contributed by atoms with E-state index in [0.29, 0.717) is 44.9 Å². The molecule has 6 aromatic rings. The molecule has 5 heterocycles. The summed E-state index contributed by atoms with van der Waals surface area (Å²) in [4.78, 5) is 47.7. The summed E-state index contributed by atoms with van der Waals surface area (Å²) >= 11 is 0. The zero-order valence-electron chi connectivity index (χ0n) is 32.8. The highest BCUT2D eigenvalue weighted by atomic mass is 19.1. The fraction of sp³-hybridized carbons (Fsp3) is 0.341. The van der Waals surface area contributed by atoms with Crippen molar-refractivity contribution >= 4 is 23.2 Å². The number of halogens is 2. The largest absolute Gasteiger partial charge is 0.345 e. The second kappa shape index (κ2) is 15.7. The predicted octanol–water partition coefficient (Wildman–Crippen LogP) is 7.16. The van der Waals surface area contributed by atoms with Gasteiger partial charge in [0.2, 0.25) is 17.7 Å². The van der Waals surface area contributed by atoms with Crippen LogP contribution in [0.4, 0.5) is 8.78 Å². The molecule has 12 nitrogen and oxygen atoms in total. The maximum Gasteiger partial charge on any atom is 0.292 e. The topological polar surface area (TPSA) is 148 Å². The van der Waals surface area contributed by atoms with E-state index in [2.05, 4.69) is 66.1 Å². The van der Waals surface area contributed by atoms with Crippen molar-refractivity contribution in [1.82, 2.24) is 40.3 Å². The molecule has 0 saturated carbocycles. The molecular formula is C44H44F2N8O4. The minimum Gasteiger partial charge on any atom is -0.345 e. The monoisotopic (exact) mass is 786 g/mol. The number of fused-ring (bicyclic) bond motifs is 1. The average Bonchev–Trinajstić information content (AvgIpc) is 3.87. The van der Waals surface area contributed by atoms with Gasteiger partial charge in [-0.25, -0.2) is 18.3 Å². The Bertz CT molecular complexity index is 2510. The number of carbonyl (C=O) groups is 3. The quantitative estimate of drug-likeness (QED) is 0.146. The predicted molar refractivity (Wildman–Crippen MR) is 211 cm³/mol. The van der Waals surface area contributed by atoms with Gasteiger partial charge in [-0.3, -0.25) is 24.6 Å². The number of imide groups is 1. The number of aryl methyl sites for hydroxylation is 1. The Labute approximate surface area is 334 Å². The van der Waals surface area contributed by atoms with Crippen molar-refractivity contribution in [3.8, 4) is 22.4 Å². The summed E-state index contributed by atoms with van der Waals surface area (Å²) in [5.41, 5.74) is 7.66. The number of hydrogen-bond acceptors (Lipinski definition) is 9. The molecule has 2 aliphatic rings. The molecule has 3 aromatic heterocycles. The summed E-state index contributed by atoms with van der Waals surface area (Å²) in [6.45, 7) is 10.2. The lowest BCUT2D eigenvalue weighted by molar-refractivity contribution is -0.134. The number of likely N-dealkylation sites (tertiary alicyclic amines) is 1. The number of piperidine rings is 2. The first-order valence-electron chi connectivity index (χ1n) is 19.5. The van der Waals surface area contributed by atoms with Crippen LogP contribution in [0.15, 0.2) is 77.7 Å². The molecular weight excluding hydrogens is 743 g/mol. The van der Waals surface area contributed by atoms with Gasteiger partial charge in [0.1, 0.15) is 18.0 Å². The molecule has 0 radical (unpaired) electrons. The summed E-state index contributed by atoms with van der Waals surface area (Å²) in [5, 5.41) is 13.4. The van der Waals surface area contributed by atoms with E-state index in [-0.39, 0.29) is 47.0 Å². The first-order valence-corrected chi connectivity index (χ1v) is 19.5. The standard InChI is InChI=1S/C44H44F2N8O4/c1-25-17-29(9-10-30(25)21-47-42(57)40-51-43(58-52-40)44(2,3)4)39-36-20-32(23-54(36)49-24-48-39)27-7-5-26(6-8-27)22-53-15-13-28(14-16-53)38-34(45)18-31(19-35(38)46)33-11-12-37(55)50-41(33)56/h5-10,17-20,23-24,28,33H,11-16,21-22H2,1-4H3,(H,47,57)(H,50,55,56)/t33-/m0/s1. The highest BCUT2D eigenvalue weighted by molar-refractivity contribution is 6.01. The van der Waals surface area contributed by atoms with Gasteiger partial charge in [0.15, 0.2) is 0 Å². The van der Waals surface area contributed by atoms with E-state index >= 15 is 8.78 Å². The number of benzene rings is 3. The molecule has 2 fully saturated rings. The van der Waals surface area contributed by atoms with Gasteiger partial charge in [0.25, 0.3) is 11.7 Å². The molecule has 58 heavy (non-hydrogen) atoms. The third-order valence-corrected chi connectivity index (χ3v) is 11.2. The fourth-order valence-electron chi connectivity index (χ4n) is 7.87. The molecule has 0 spiro atoms. The summed E-state index contributed by atoms with van der Waals surface area (Å²) in [6, 6.07) is 19.0. The third-order valence-electron chi connectivity index (χ3n) is 11.2. The smallest absolute Gasteiger partial charge is 0.292 e. The molecule has 0 bridgehead atoms. The maximum absolute atomic E-state index is 15.3. The van der Waals surface area contributed by atoms with Crippen molar-refractivity contribution in [3.05, 3.63) is 124 Å². The van der Waals surface area contributed by atoms with E-state index < -0.39 is 29.4 Å². The van der Waals surface area contributed by atoms with Gasteiger partial charge in [-0.2, -0.15) is 10.1 Å². The lowest BCUT2D eigenvalue weighted by atomic mass is 9.85. The van der Waals surface area contributed by atoms with Gasteiger partial charge in [0.05, 0.1) is 17.1 Å². The van der Waals surface area contributed by atoms with Crippen molar-refractivity contribution < 1.29 is 27.7 Å². The SMILES string of the molecule is Cc1cc(-c2ncnn3cc(-c4ccc(CN5CCC(c6c(F)cc([C@@H]7CCC(=O)NC7=O)cc6F)CC5)cc4)cc23)ccc1CNC(=O)c1noc(C(C)(C)C)n1. The highest BCUT2D eigenvalue weighted by Gasteiger charge is 2.32. The van der Waals surface area contributed by atoms with Crippen LogP contribution in [0.2, 0.25) is 0 Å². The van der Waals surface area contributed by atoms with E-state index in [9.17, 15) is 14.4 Å². The van der Waals surface area contributed by atoms with E-state index in [1.165, 1.54) is 18.5 Å². The minimum atomic E-state index is -0.733. The molecule has 2 N–H and O–H groups in total. The van der Waals surface area contributed by atoms with Crippen LogP contribution in [0.25, 0.3) is 27.9 Å². The van der Waals surface area contributed by atoms with Crippen LogP contribution < -0.4 is 10.6 Å². The van der Waals surface area contributed by atoms with Gasteiger partial charge >= 0.3 is 0 Å². The second-order valence-electron chi connectivity index (χ2n) is 16.3. The molecule has 14 heteroatoms. The van der Waals surface area contributed by atoms with Crippen molar-refractivity contribution in [1.29, 1.82) is 0 Å². The summed E-state index contributed by atoms with van der Waals surface area (Å²) < 4.78 is 37.7. The van der Waals surface area contributed by atoms with E-state index in [1.807, 2.05) is 56.6 Å². The molecule has 2 aliphatic heterocycles. The lowest BCUT2D eigenvalue weighted by Crippen LogP contribution is -2.39. The van der Waals surface area contributed by atoms with Crippen LogP contribution in [0, 0.1) is 18.6 Å². The Kier molecular flexibility index (Phi) is 10.4. The Morgan fingerprint density at radius 1 is 0.948 bits per heavy atom. The van der Waals surface area contributed by atoms with Gasteiger partial charge in [-0.05, 0) is 97.3 Å². The van der Waals surface area contributed by atoms with Crippen molar-refractivity contribution in [2.24, 2.45) is 0 Å². The molecule has 298 valence electrons. The number of hydrogen-bond donors (Lipinski definition) is 2. The number of aromatic nitrogens is 5. The van der Waals surface area contributed by atoms with E-state index in [0.717, 1.165) is 44.6 Å². The summed E-state index contributed by atoms with van der Waals surface area (Å²) in [7, 11) is 0. The van der Waals surface area contributed by atoms with Crippen LogP contribution in [-0.4, -0.2) is 60.4 Å². The number of nitrogens with zero attached hydrogens (tertiary/aromatic N) is 6. The first-order chi connectivity index (χ1) is 27.8. The van der Waals surface area contributed by atoms with Crippen LogP contribution in [0.5, 0.6) is 0 Å². The Morgan fingerprint density at radius 3 is 2.34 bits per heavy atom. The molecule has 1 atom stereocenters. The number of amides is 3. The van der Waals surface area contributed by atoms with E-state index in [1.54, 1.807) is 0 Å². The van der Waals surface area contributed by atoms with Crippen LogP contribution in [-0.2, 0) is 28.1 Å². The second-order valence-corrected chi connectivity index (χ2v) is 16.3. The number of carbonyl (C=O) groups excluding carboxylic acids is 3. The molecule has 3 amide bonds. The average molecular weight is 787 g/mol. The normalized spacial score (nSPS) is 16.8. The Morgan fingerprint density at radius 2 is 1.67 bits per heavy atom. The molecule has 3 aromatic carbocycles. The Balaban J connectivity index is 0.887. The number of nitrogens with one attached hydrogen (secondary N) is 2. The van der Waals surface area contributed by atoms with E-state index in [4.69, 9.17) is 4.52 Å². The van der Waals surface area contributed by atoms with Gasteiger partial charge in [-0.1, -0.05) is 62.3 Å². The summed E-state index contributed by atoms with van der Waals surface area (Å²) in [5.74, 6) is -3.13. The molecule has 0 unspecified atom stereocenters. The highest BCUT2D eigenvalue weighted by Crippen LogP contribution is 2.36. The number of rotatable bonds is 9. The van der Waals surface area contributed by atoms with Crippen molar-refractivity contribution in [3.63, 3.8) is 0 Å².